The lowest BCUT2D eigenvalue weighted by atomic mass is 9.76. The van der Waals surface area contributed by atoms with Gasteiger partial charge in [0, 0.05) is 56.8 Å². The van der Waals surface area contributed by atoms with Crippen molar-refractivity contribution < 1.29 is 14.4 Å². The highest BCUT2D eigenvalue weighted by molar-refractivity contribution is 5.94. The summed E-state index contributed by atoms with van der Waals surface area (Å²) in [4.78, 5) is 44.2. The molecule has 32 heavy (non-hydrogen) atoms. The van der Waals surface area contributed by atoms with Crippen molar-refractivity contribution in [3.63, 3.8) is 0 Å². The molecule has 1 N–H and O–H groups in total. The molecule has 172 valence electrons. The quantitative estimate of drug-likeness (QED) is 0.772. The standard InChI is InChI=1S/C25H34N4O3/c1-17-5-7-19(8-6-17)24(31)26-21-9-11-27(12-10-21)25(32)28-14-18-13-20(16-28)22-3-2-4-23(30)29(22)15-18/h5-8,18,20-22H,2-4,9-16H2,1H3,(H,26,31)/t18?,20?,22-/m1/s1. The summed E-state index contributed by atoms with van der Waals surface area (Å²) in [5, 5.41) is 3.13. The average Bonchev–Trinajstić information content (AvgIpc) is 2.80. The number of hydrogen-bond donors (Lipinski definition) is 1. The number of carbonyl (C=O) groups is 3. The molecule has 4 aliphatic heterocycles. The van der Waals surface area contributed by atoms with Crippen molar-refractivity contribution >= 4 is 17.8 Å². The number of aryl methyl sites for hydroxylation is 1. The van der Waals surface area contributed by atoms with Gasteiger partial charge in [0.05, 0.1) is 0 Å². The lowest BCUT2D eigenvalue weighted by molar-refractivity contribution is -0.144. The fourth-order valence-electron chi connectivity index (χ4n) is 6.15. The van der Waals surface area contributed by atoms with E-state index < -0.39 is 0 Å². The van der Waals surface area contributed by atoms with Crippen LogP contribution < -0.4 is 5.32 Å². The maximum atomic E-state index is 13.3. The molecule has 4 fully saturated rings. The Bertz CT molecular complexity index is 878. The minimum absolute atomic E-state index is 0.0368. The molecule has 0 saturated carbocycles. The molecule has 4 aliphatic rings. The minimum atomic E-state index is -0.0368. The van der Waals surface area contributed by atoms with Gasteiger partial charge >= 0.3 is 6.03 Å². The molecule has 7 heteroatoms. The summed E-state index contributed by atoms with van der Waals surface area (Å²) in [7, 11) is 0. The lowest BCUT2D eigenvalue weighted by Gasteiger charge is -2.53. The molecular weight excluding hydrogens is 404 g/mol. The van der Waals surface area contributed by atoms with E-state index in [0.717, 1.165) is 57.3 Å². The zero-order chi connectivity index (χ0) is 22.2. The molecule has 2 bridgehead atoms. The van der Waals surface area contributed by atoms with Gasteiger partial charge in [-0.3, -0.25) is 9.59 Å². The number of urea groups is 1. The number of nitrogens with zero attached hydrogens (tertiary/aromatic N) is 3. The van der Waals surface area contributed by atoms with E-state index in [1.807, 2.05) is 41.0 Å². The number of carbonyl (C=O) groups excluding carboxylic acids is 3. The molecule has 0 radical (unpaired) electrons. The monoisotopic (exact) mass is 438 g/mol. The van der Waals surface area contributed by atoms with Gasteiger partial charge < -0.3 is 20.0 Å². The summed E-state index contributed by atoms with van der Waals surface area (Å²) in [6, 6.07) is 8.19. The second-order valence-corrected chi connectivity index (χ2v) is 10.2. The number of hydrogen-bond acceptors (Lipinski definition) is 3. The largest absolute Gasteiger partial charge is 0.349 e. The molecule has 4 saturated heterocycles. The molecule has 0 spiro atoms. The normalized spacial score (nSPS) is 28.3. The van der Waals surface area contributed by atoms with E-state index in [0.29, 0.717) is 48.9 Å². The van der Waals surface area contributed by atoms with Gasteiger partial charge in [-0.1, -0.05) is 17.7 Å². The zero-order valence-electron chi connectivity index (χ0n) is 19.0. The van der Waals surface area contributed by atoms with Gasteiger partial charge in [0.25, 0.3) is 5.91 Å². The fraction of sp³-hybridized carbons (Fsp3) is 0.640. The summed E-state index contributed by atoms with van der Waals surface area (Å²) in [6.07, 6.45) is 5.47. The molecule has 1 aromatic rings. The van der Waals surface area contributed by atoms with Crippen LogP contribution in [0.4, 0.5) is 4.79 Å². The van der Waals surface area contributed by atoms with Crippen LogP contribution in [0.5, 0.6) is 0 Å². The highest BCUT2D eigenvalue weighted by Gasteiger charge is 2.45. The Kier molecular flexibility index (Phi) is 5.82. The van der Waals surface area contributed by atoms with Gasteiger partial charge in [-0.2, -0.15) is 0 Å². The van der Waals surface area contributed by atoms with Crippen LogP contribution >= 0.6 is 0 Å². The number of piperidine rings is 4. The Morgan fingerprint density at radius 1 is 0.969 bits per heavy atom. The van der Waals surface area contributed by atoms with Crippen molar-refractivity contribution in [3.8, 4) is 0 Å². The third kappa shape index (κ3) is 4.21. The Morgan fingerprint density at radius 2 is 1.72 bits per heavy atom. The first-order valence-corrected chi connectivity index (χ1v) is 12.2. The molecule has 0 aromatic heterocycles. The molecule has 1 aromatic carbocycles. The smallest absolute Gasteiger partial charge is 0.320 e. The number of likely N-dealkylation sites (tertiary alicyclic amines) is 2. The summed E-state index contributed by atoms with van der Waals surface area (Å²) in [5.41, 5.74) is 1.82. The molecule has 3 atom stereocenters. The highest BCUT2D eigenvalue weighted by atomic mass is 16.2. The Morgan fingerprint density at radius 3 is 2.47 bits per heavy atom. The van der Waals surface area contributed by atoms with Gasteiger partial charge in [-0.15, -0.1) is 0 Å². The Hall–Kier alpha value is -2.57. The zero-order valence-corrected chi connectivity index (χ0v) is 19.0. The van der Waals surface area contributed by atoms with Crippen molar-refractivity contribution in [1.82, 2.24) is 20.0 Å². The van der Waals surface area contributed by atoms with E-state index in [1.54, 1.807) is 0 Å². The highest BCUT2D eigenvalue weighted by Crippen LogP contribution is 2.38. The van der Waals surface area contributed by atoms with Crippen LogP contribution in [0.3, 0.4) is 0 Å². The summed E-state index contributed by atoms with van der Waals surface area (Å²) >= 11 is 0. The molecule has 4 heterocycles. The summed E-state index contributed by atoms with van der Waals surface area (Å²) in [6.45, 7) is 5.71. The minimum Gasteiger partial charge on any atom is -0.349 e. The topological polar surface area (TPSA) is 73.0 Å². The number of amides is 4. The van der Waals surface area contributed by atoms with E-state index in [2.05, 4.69) is 10.2 Å². The maximum Gasteiger partial charge on any atom is 0.320 e. The number of nitrogens with one attached hydrogen (secondary N) is 1. The van der Waals surface area contributed by atoms with E-state index >= 15 is 0 Å². The van der Waals surface area contributed by atoms with E-state index in [-0.39, 0.29) is 18.0 Å². The number of fused-ring (bicyclic) bond motifs is 4. The number of benzene rings is 1. The van der Waals surface area contributed by atoms with Gasteiger partial charge in [0.15, 0.2) is 0 Å². The van der Waals surface area contributed by atoms with E-state index in [4.69, 9.17) is 0 Å². The molecule has 2 unspecified atom stereocenters. The third-order valence-corrected chi connectivity index (χ3v) is 7.86. The van der Waals surface area contributed by atoms with Crippen LogP contribution in [-0.2, 0) is 4.79 Å². The first-order valence-electron chi connectivity index (χ1n) is 12.2. The lowest BCUT2D eigenvalue weighted by Crippen LogP contribution is -2.62. The van der Waals surface area contributed by atoms with Crippen molar-refractivity contribution in [3.05, 3.63) is 35.4 Å². The average molecular weight is 439 g/mol. The van der Waals surface area contributed by atoms with Crippen LogP contribution in [-0.4, -0.2) is 77.4 Å². The molecule has 0 aliphatic carbocycles. The third-order valence-electron chi connectivity index (χ3n) is 7.86. The van der Waals surface area contributed by atoms with E-state index in [1.165, 1.54) is 0 Å². The van der Waals surface area contributed by atoms with Gasteiger partial charge in [0.1, 0.15) is 0 Å². The van der Waals surface area contributed by atoms with Crippen molar-refractivity contribution in [2.24, 2.45) is 11.8 Å². The van der Waals surface area contributed by atoms with Gasteiger partial charge in [-0.25, -0.2) is 4.79 Å². The Labute approximate surface area is 190 Å². The van der Waals surface area contributed by atoms with Gasteiger partial charge in [-0.05, 0) is 63.0 Å². The van der Waals surface area contributed by atoms with Crippen molar-refractivity contribution in [2.45, 2.75) is 57.5 Å². The number of rotatable bonds is 2. The second-order valence-electron chi connectivity index (χ2n) is 10.2. The predicted octanol–water partition coefficient (Wildman–Crippen LogP) is 2.64. The molecule has 4 amide bonds. The van der Waals surface area contributed by atoms with Crippen LogP contribution in [0, 0.1) is 18.8 Å². The summed E-state index contributed by atoms with van der Waals surface area (Å²) < 4.78 is 0. The van der Waals surface area contributed by atoms with Crippen LogP contribution in [0.15, 0.2) is 24.3 Å². The Balaban J connectivity index is 1.14. The van der Waals surface area contributed by atoms with E-state index in [9.17, 15) is 14.4 Å². The molecular formula is C25H34N4O3. The molecule has 5 rings (SSSR count). The van der Waals surface area contributed by atoms with Crippen LogP contribution in [0.25, 0.3) is 0 Å². The second kappa shape index (κ2) is 8.75. The predicted molar refractivity (Wildman–Crippen MR) is 121 cm³/mol. The van der Waals surface area contributed by atoms with Gasteiger partial charge in [0.2, 0.25) is 5.91 Å². The maximum absolute atomic E-state index is 13.3. The van der Waals surface area contributed by atoms with Crippen molar-refractivity contribution in [2.75, 3.05) is 32.7 Å². The molecule has 7 nitrogen and oxygen atoms in total. The van der Waals surface area contributed by atoms with Crippen LogP contribution in [0.1, 0.15) is 54.4 Å². The van der Waals surface area contributed by atoms with Crippen LogP contribution in [0.2, 0.25) is 0 Å². The summed E-state index contributed by atoms with van der Waals surface area (Å²) in [5.74, 6) is 1.10. The fourth-order valence-corrected chi connectivity index (χ4v) is 6.15. The van der Waals surface area contributed by atoms with Crippen molar-refractivity contribution in [1.29, 1.82) is 0 Å². The SMILES string of the molecule is Cc1ccc(C(=O)NC2CCN(C(=O)N3CC4CC(C3)[C@H]3CCCC(=O)N3C4)CC2)cc1. The first kappa shape index (κ1) is 21.3. The first-order chi connectivity index (χ1) is 15.5.